The Morgan fingerprint density at radius 3 is 2.00 bits per heavy atom. The summed E-state index contributed by atoms with van der Waals surface area (Å²) in [6.45, 7) is 12.3. The first kappa shape index (κ1) is 15.1. The zero-order valence-electron chi connectivity index (χ0n) is 11.9. The van der Waals surface area contributed by atoms with E-state index < -0.39 is 0 Å². The molecule has 17 heavy (non-hydrogen) atoms. The predicted octanol–water partition coefficient (Wildman–Crippen LogP) is 5.62. The Morgan fingerprint density at radius 2 is 1.47 bits per heavy atom. The molecule has 0 N–H and O–H groups in total. The molecule has 0 aromatic heterocycles. The molecule has 0 aromatic rings. The molecule has 0 aliphatic heterocycles. The first-order valence-corrected chi connectivity index (χ1v) is 7.56. The van der Waals surface area contributed by atoms with E-state index in [1.54, 1.807) is 0 Å². The molecule has 0 nitrogen and oxygen atoms in total. The monoisotopic (exact) mass is 238 g/mol. The zero-order chi connectivity index (χ0) is 11.9. The van der Waals surface area contributed by atoms with Crippen molar-refractivity contribution in [2.24, 2.45) is 41.4 Å². The lowest BCUT2D eigenvalue weighted by molar-refractivity contribution is -0.0636. The Balaban J connectivity index is 0.00000144. The summed E-state index contributed by atoms with van der Waals surface area (Å²) >= 11 is 0. The topological polar surface area (TPSA) is 0 Å². The largest absolute Gasteiger partial charge is 0.0776 e. The molecule has 5 atom stereocenters. The van der Waals surface area contributed by atoms with Crippen LogP contribution in [0.2, 0.25) is 0 Å². The van der Waals surface area contributed by atoms with Gasteiger partial charge in [0, 0.05) is 0 Å². The summed E-state index contributed by atoms with van der Waals surface area (Å²) in [5.74, 6) is 7.05. The van der Waals surface area contributed by atoms with Gasteiger partial charge in [-0.3, -0.25) is 0 Å². The van der Waals surface area contributed by atoms with Gasteiger partial charge in [0.2, 0.25) is 0 Å². The van der Waals surface area contributed by atoms with Gasteiger partial charge in [-0.05, 0) is 47.8 Å². The van der Waals surface area contributed by atoms with E-state index in [4.69, 9.17) is 0 Å². The SMILES string of the molecule is C.CCC1CCC(C)C(C2C(C)C(C)C2C)C1. The van der Waals surface area contributed by atoms with E-state index in [1.165, 1.54) is 25.7 Å². The van der Waals surface area contributed by atoms with Gasteiger partial charge in [-0.1, -0.05) is 61.3 Å². The summed E-state index contributed by atoms with van der Waals surface area (Å²) in [7, 11) is 0. The Morgan fingerprint density at radius 1 is 0.882 bits per heavy atom. The second-order valence-corrected chi connectivity index (χ2v) is 6.88. The molecule has 102 valence electrons. The number of hydrogen-bond donors (Lipinski definition) is 0. The van der Waals surface area contributed by atoms with Crippen molar-refractivity contribution in [1.29, 1.82) is 0 Å². The third-order valence-corrected chi connectivity index (χ3v) is 6.31. The molecule has 5 unspecified atom stereocenters. The van der Waals surface area contributed by atoms with Crippen LogP contribution in [0.3, 0.4) is 0 Å². The Labute approximate surface area is 110 Å². The maximum atomic E-state index is 2.51. The van der Waals surface area contributed by atoms with Crippen LogP contribution in [-0.2, 0) is 0 Å². The third kappa shape index (κ3) is 2.56. The molecule has 0 bridgehead atoms. The fourth-order valence-corrected chi connectivity index (χ4v) is 4.65. The number of hydrogen-bond acceptors (Lipinski definition) is 0. The van der Waals surface area contributed by atoms with E-state index in [0.717, 1.165) is 41.4 Å². The maximum absolute atomic E-state index is 2.51. The first-order valence-electron chi connectivity index (χ1n) is 7.56. The second kappa shape index (κ2) is 5.76. The quantitative estimate of drug-likeness (QED) is 0.585. The summed E-state index contributed by atoms with van der Waals surface area (Å²) < 4.78 is 0. The summed E-state index contributed by atoms with van der Waals surface area (Å²) in [6, 6.07) is 0. The maximum Gasteiger partial charge on any atom is -0.0326 e. The van der Waals surface area contributed by atoms with E-state index in [0.29, 0.717) is 0 Å². The van der Waals surface area contributed by atoms with Crippen LogP contribution in [0.5, 0.6) is 0 Å². The Hall–Kier alpha value is 0. The van der Waals surface area contributed by atoms with Crippen molar-refractivity contribution in [1.82, 2.24) is 0 Å². The molecular weight excluding hydrogens is 204 g/mol. The van der Waals surface area contributed by atoms with Crippen LogP contribution >= 0.6 is 0 Å². The van der Waals surface area contributed by atoms with Crippen molar-refractivity contribution >= 4 is 0 Å². The van der Waals surface area contributed by atoms with Crippen molar-refractivity contribution in [2.75, 3.05) is 0 Å². The van der Waals surface area contributed by atoms with Crippen molar-refractivity contribution in [3.8, 4) is 0 Å². The molecule has 2 aliphatic carbocycles. The highest BCUT2D eigenvalue weighted by molar-refractivity contribution is 4.96. The van der Waals surface area contributed by atoms with E-state index >= 15 is 0 Å². The molecule has 0 heteroatoms. The second-order valence-electron chi connectivity index (χ2n) is 6.88. The van der Waals surface area contributed by atoms with Gasteiger partial charge in [0.15, 0.2) is 0 Å². The smallest absolute Gasteiger partial charge is 0.0326 e. The normalized spacial score (nSPS) is 50.3. The zero-order valence-corrected chi connectivity index (χ0v) is 11.9. The van der Waals surface area contributed by atoms with Crippen LogP contribution in [0.15, 0.2) is 0 Å². The molecular formula is C17H34. The van der Waals surface area contributed by atoms with Crippen LogP contribution in [0.25, 0.3) is 0 Å². The van der Waals surface area contributed by atoms with Crippen LogP contribution in [-0.4, -0.2) is 0 Å². The molecule has 2 saturated carbocycles. The van der Waals surface area contributed by atoms with Crippen LogP contribution in [0, 0.1) is 41.4 Å². The summed E-state index contributed by atoms with van der Waals surface area (Å²) in [4.78, 5) is 0. The molecule has 0 radical (unpaired) electrons. The minimum atomic E-state index is 0. The Kier molecular flexibility index (Phi) is 5.10. The average Bonchev–Trinajstić information content (AvgIpc) is 2.31. The molecule has 0 amide bonds. The third-order valence-electron chi connectivity index (χ3n) is 6.31. The molecule has 2 rings (SSSR count). The molecule has 2 fully saturated rings. The van der Waals surface area contributed by atoms with Crippen molar-refractivity contribution in [3.63, 3.8) is 0 Å². The minimum absolute atomic E-state index is 0. The van der Waals surface area contributed by atoms with Gasteiger partial charge >= 0.3 is 0 Å². The molecule has 0 aromatic carbocycles. The highest BCUT2D eigenvalue weighted by atomic mass is 14.5. The lowest BCUT2D eigenvalue weighted by Crippen LogP contribution is -2.49. The van der Waals surface area contributed by atoms with Gasteiger partial charge < -0.3 is 0 Å². The summed E-state index contributed by atoms with van der Waals surface area (Å²) in [5.41, 5.74) is 0. The predicted molar refractivity (Wildman–Crippen MR) is 78.0 cm³/mol. The van der Waals surface area contributed by atoms with Crippen molar-refractivity contribution in [3.05, 3.63) is 0 Å². The summed E-state index contributed by atoms with van der Waals surface area (Å²) in [5, 5.41) is 0. The van der Waals surface area contributed by atoms with Gasteiger partial charge in [-0.2, -0.15) is 0 Å². The highest BCUT2D eigenvalue weighted by Gasteiger charge is 2.48. The van der Waals surface area contributed by atoms with E-state index in [9.17, 15) is 0 Å². The van der Waals surface area contributed by atoms with Crippen molar-refractivity contribution in [2.45, 2.75) is 67.7 Å². The van der Waals surface area contributed by atoms with E-state index in [2.05, 4.69) is 34.6 Å². The fourth-order valence-electron chi connectivity index (χ4n) is 4.65. The first-order chi connectivity index (χ1) is 7.56. The van der Waals surface area contributed by atoms with Gasteiger partial charge in [0.1, 0.15) is 0 Å². The van der Waals surface area contributed by atoms with Crippen LogP contribution in [0.1, 0.15) is 67.7 Å². The number of rotatable bonds is 2. The van der Waals surface area contributed by atoms with E-state index in [-0.39, 0.29) is 7.43 Å². The van der Waals surface area contributed by atoms with Crippen LogP contribution in [0.4, 0.5) is 0 Å². The van der Waals surface area contributed by atoms with Crippen LogP contribution < -0.4 is 0 Å². The summed E-state index contributed by atoms with van der Waals surface area (Å²) in [6.07, 6.45) is 5.94. The van der Waals surface area contributed by atoms with Gasteiger partial charge in [-0.25, -0.2) is 0 Å². The minimum Gasteiger partial charge on any atom is -0.0776 e. The molecule has 0 saturated heterocycles. The lowest BCUT2D eigenvalue weighted by Gasteiger charge is -2.55. The molecule has 0 heterocycles. The molecule has 0 spiro atoms. The fraction of sp³-hybridized carbons (Fsp3) is 1.00. The Bertz CT molecular complexity index is 222. The average molecular weight is 238 g/mol. The standard InChI is InChI=1S/C16H30.CH4/c1-6-14-8-7-10(2)15(9-14)16-12(4)11(3)13(16)5;/h10-16H,6-9H2,1-5H3;1H4. The highest BCUT2D eigenvalue weighted by Crippen LogP contribution is 2.54. The van der Waals surface area contributed by atoms with Crippen molar-refractivity contribution < 1.29 is 0 Å². The van der Waals surface area contributed by atoms with Gasteiger partial charge in [0.25, 0.3) is 0 Å². The lowest BCUT2D eigenvalue weighted by atomic mass is 9.50. The molecule has 2 aliphatic rings. The van der Waals surface area contributed by atoms with Gasteiger partial charge in [0.05, 0.1) is 0 Å². The van der Waals surface area contributed by atoms with E-state index in [1.807, 2.05) is 0 Å². The van der Waals surface area contributed by atoms with Gasteiger partial charge in [-0.15, -0.1) is 0 Å².